The molecular formula is C19H22FN3O3. The monoisotopic (exact) mass is 359 g/mol. The van der Waals surface area contributed by atoms with Gasteiger partial charge in [0.05, 0.1) is 13.0 Å². The highest BCUT2D eigenvalue weighted by Crippen LogP contribution is 2.34. The van der Waals surface area contributed by atoms with Gasteiger partial charge in [0, 0.05) is 38.5 Å². The summed E-state index contributed by atoms with van der Waals surface area (Å²) in [5.41, 5.74) is 0.708. The van der Waals surface area contributed by atoms with E-state index in [1.165, 1.54) is 12.3 Å². The van der Waals surface area contributed by atoms with Crippen LogP contribution in [0.4, 0.5) is 4.39 Å². The van der Waals surface area contributed by atoms with Crippen molar-refractivity contribution in [3.63, 3.8) is 0 Å². The summed E-state index contributed by atoms with van der Waals surface area (Å²) in [6.07, 6.45) is 5.08. The second kappa shape index (κ2) is 8.71. The average molecular weight is 359 g/mol. The standard InChI is InChI=1S/C19H22FN3O3/c1-25-13-8-17(24)23-11-6-14(7-12-23)18-19(22-10-9-21-18)26-16-5-3-2-4-15(16)20/h2-5,9-10,14H,6-8,11-13H2,1H3. The van der Waals surface area contributed by atoms with E-state index >= 15 is 0 Å². The largest absolute Gasteiger partial charge is 0.434 e. The van der Waals surface area contributed by atoms with Gasteiger partial charge in [-0.25, -0.2) is 9.37 Å². The van der Waals surface area contributed by atoms with Crippen LogP contribution < -0.4 is 4.74 Å². The Morgan fingerprint density at radius 2 is 1.96 bits per heavy atom. The minimum Gasteiger partial charge on any atom is -0.434 e. The van der Waals surface area contributed by atoms with Crippen LogP contribution in [0.2, 0.25) is 0 Å². The van der Waals surface area contributed by atoms with Gasteiger partial charge in [-0.05, 0) is 25.0 Å². The molecular weight excluding hydrogens is 337 g/mol. The molecule has 6 nitrogen and oxygen atoms in total. The third-order valence-electron chi connectivity index (χ3n) is 4.49. The van der Waals surface area contributed by atoms with Crippen molar-refractivity contribution in [1.82, 2.24) is 14.9 Å². The SMILES string of the molecule is COCCC(=O)N1CCC(c2nccnc2Oc2ccccc2F)CC1. The van der Waals surface area contributed by atoms with E-state index in [2.05, 4.69) is 9.97 Å². The maximum atomic E-state index is 13.9. The number of hydrogen-bond donors (Lipinski definition) is 0. The lowest BCUT2D eigenvalue weighted by atomic mass is 9.93. The molecule has 2 heterocycles. The molecule has 1 saturated heterocycles. The molecule has 0 N–H and O–H groups in total. The number of halogens is 1. The molecule has 0 aliphatic carbocycles. The van der Waals surface area contributed by atoms with Gasteiger partial charge in [-0.3, -0.25) is 9.78 Å². The van der Waals surface area contributed by atoms with Crippen LogP contribution in [0.25, 0.3) is 0 Å². The van der Waals surface area contributed by atoms with Crippen molar-refractivity contribution in [2.75, 3.05) is 26.8 Å². The van der Waals surface area contributed by atoms with E-state index in [1.54, 1.807) is 31.5 Å². The Morgan fingerprint density at radius 3 is 2.69 bits per heavy atom. The number of hydrogen-bond acceptors (Lipinski definition) is 5. The number of benzene rings is 1. The second-order valence-corrected chi connectivity index (χ2v) is 6.18. The number of aromatic nitrogens is 2. The minimum atomic E-state index is -0.442. The highest BCUT2D eigenvalue weighted by atomic mass is 19.1. The maximum Gasteiger partial charge on any atom is 0.241 e. The van der Waals surface area contributed by atoms with Crippen LogP contribution in [0.5, 0.6) is 11.6 Å². The summed E-state index contributed by atoms with van der Waals surface area (Å²) in [4.78, 5) is 22.6. The highest BCUT2D eigenvalue weighted by molar-refractivity contribution is 5.76. The quantitative estimate of drug-likeness (QED) is 0.793. The lowest BCUT2D eigenvalue weighted by Crippen LogP contribution is -2.38. The van der Waals surface area contributed by atoms with E-state index in [0.717, 1.165) is 12.8 Å². The van der Waals surface area contributed by atoms with Gasteiger partial charge in [0.2, 0.25) is 11.8 Å². The Hall–Kier alpha value is -2.54. The number of amides is 1. The fourth-order valence-corrected chi connectivity index (χ4v) is 3.08. The molecule has 0 bridgehead atoms. The molecule has 7 heteroatoms. The summed E-state index contributed by atoms with van der Waals surface area (Å²) < 4.78 is 24.5. The van der Waals surface area contributed by atoms with Crippen LogP contribution in [-0.2, 0) is 9.53 Å². The summed E-state index contributed by atoms with van der Waals surface area (Å²) in [6.45, 7) is 1.75. The summed E-state index contributed by atoms with van der Waals surface area (Å²) in [5, 5.41) is 0. The third-order valence-corrected chi connectivity index (χ3v) is 4.49. The number of para-hydroxylation sites is 1. The Balaban J connectivity index is 1.68. The van der Waals surface area contributed by atoms with Crippen molar-refractivity contribution in [2.24, 2.45) is 0 Å². The number of rotatable bonds is 6. The van der Waals surface area contributed by atoms with Gasteiger partial charge in [0.15, 0.2) is 11.6 Å². The molecule has 1 amide bonds. The van der Waals surface area contributed by atoms with E-state index in [-0.39, 0.29) is 17.6 Å². The lowest BCUT2D eigenvalue weighted by molar-refractivity contribution is -0.133. The summed E-state index contributed by atoms with van der Waals surface area (Å²) >= 11 is 0. The summed E-state index contributed by atoms with van der Waals surface area (Å²) in [6, 6.07) is 6.22. The summed E-state index contributed by atoms with van der Waals surface area (Å²) in [7, 11) is 1.59. The molecule has 1 aliphatic heterocycles. The van der Waals surface area contributed by atoms with Crippen LogP contribution in [0.15, 0.2) is 36.7 Å². The number of likely N-dealkylation sites (tertiary alicyclic amines) is 1. The normalized spacial score (nSPS) is 15.1. The Labute approximate surface area is 152 Å². The average Bonchev–Trinajstić information content (AvgIpc) is 2.68. The molecule has 0 atom stereocenters. The zero-order valence-electron chi connectivity index (χ0n) is 14.7. The first kappa shape index (κ1) is 18.3. The predicted octanol–water partition coefficient (Wildman–Crippen LogP) is 3.15. The van der Waals surface area contributed by atoms with E-state index in [1.807, 2.05) is 4.90 Å². The Kier molecular flexibility index (Phi) is 6.12. The fourth-order valence-electron chi connectivity index (χ4n) is 3.08. The molecule has 1 fully saturated rings. The minimum absolute atomic E-state index is 0.104. The van der Waals surface area contributed by atoms with Crippen LogP contribution >= 0.6 is 0 Å². The molecule has 138 valence electrons. The molecule has 2 aromatic rings. The number of carbonyl (C=O) groups excluding carboxylic acids is 1. The summed E-state index contributed by atoms with van der Waals surface area (Å²) in [5.74, 6) is 0.232. The van der Waals surface area contributed by atoms with Crippen LogP contribution in [-0.4, -0.2) is 47.6 Å². The smallest absolute Gasteiger partial charge is 0.241 e. The van der Waals surface area contributed by atoms with Gasteiger partial charge >= 0.3 is 0 Å². The topological polar surface area (TPSA) is 64.5 Å². The lowest BCUT2D eigenvalue weighted by Gasteiger charge is -2.32. The van der Waals surface area contributed by atoms with Crippen molar-refractivity contribution < 1.29 is 18.7 Å². The van der Waals surface area contributed by atoms with Crippen molar-refractivity contribution in [2.45, 2.75) is 25.2 Å². The first-order valence-corrected chi connectivity index (χ1v) is 8.69. The first-order chi connectivity index (χ1) is 12.7. The van der Waals surface area contributed by atoms with Gasteiger partial charge in [-0.2, -0.15) is 0 Å². The van der Waals surface area contributed by atoms with Gasteiger partial charge in [0.1, 0.15) is 5.69 Å². The van der Waals surface area contributed by atoms with Crippen LogP contribution in [0.1, 0.15) is 30.9 Å². The molecule has 0 unspecified atom stereocenters. The van der Waals surface area contributed by atoms with Gasteiger partial charge in [-0.1, -0.05) is 12.1 Å². The van der Waals surface area contributed by atoms with E-state index < -0.39 is 5.82 Å². The van der Waals surface area contributed by atoms with E-state index in [4.69, 9.17) is 9.47 Å². The predicted molar refractivity (Wildman–Crippen MR) is 93.6 cm³/mol. The van der Waals surface area contributed by atoms with Crippen LogP contribution in [0, 0.1) is 5.82 Å². The number of ether oxygens (including phenoxy) is 2. The third kappa shape index (κ3) is 4.35. The molecule has 0 spiro atoms. The van der Waals surface area contributed by atoms with Crippen molar-refractivity contribution in [3.8, 4) is 11.6 Å². The maximum absolute atomic E-state index is 13.9. The highest BCUT2D eigenvalue weighted by Gasteiger charge is 2.27. The number of nitrogens with zero attached hydrogens (tertiary/aromatic N) is 3. The van der Waals surface area contributed by atoms with Gasteiger partial charge < -0.3 is 14.4 Å². The van der Waals surface area contributed by atoms with Gasteiger partial charge in [-0.15, -0.1) is 0 Å². The second-order valence-electron chi connectivity index (χ2n) is 6.18. The molecule has 0 saturated carbocycles. The molecule has 1 aromatic heterocycles. The van der Waals surface area contributed by atoms with Crippen molar-refractivity contribution in [1.29, 1.82) is 0 Å². The molecule has 0 radical (unpaired) electrons. The number of methoxy groups -OCH3 is 1. The molecule has 1 aromatic carbocycles. The number of carbonyl (C=O) groups is 1. The van der Waals surface area contributed by atoms with E-state index in [0.29, 0.717) is 37.7 Å². The molecule has 26 heavy (non-hydrogen) atoms. The Morgan fingerprint density at radius 1 is 1.23 bits per heavy atom. The van der Waals surface area contributed by atoms with Crippen molar-refractivity contribution >= 4 is 5.91 Å². The van der Waals surface area contributed by atoms with Crippen molar-refractivity contribution in [3.05, 3.63) is 48.2 Å². The zero-order valence-corrected chi connectivity index (χ0v) is 14.7. The zero-order chi connectivity index (χ0) is 18.4. The van der Waals surface area contributed by atoms with Crippen LogP contribution in [0.3, 0.4) is 0 Å². The number of piperidine rings is 1. The molecule has 3 rings (SSSR count). The van der Waals surface area contributed by atoms with E-state index in [9.17, 15) is 9.18 Å². The molecule has 1 aliphatic rings. The van der Waals surface area contributed by atoms with Gasteiger partial charge in [0.25, 0.3) is 0 Å². The first-order valence-electron chi connectivity index (χ1n) is 8.69. The Bertz CT molecular complexity index is 748. The fraction of sp³-hybridized carbons (Fsp3) is 0.421.